The molecule has 2 N–H and O–H groups in total. The molecule has 0 aliphatic heterocycles. The monoisotopic (exact) mass is 295 g/mol. The maximum absolute atomic E-state index is 11.5. The van der Waals surface area contributed by atoms with Crippen LogP contribution in [0.25, 0.3) is 0 Å². The number of ether oxygens (including phenoxy) is 1. The molecule has 0 saturated carbocycles. The van der Waals surface area contributed by atoms with Crippen LogP contribution in [0.3, 0.4) is 0 Å². The van der Waals surface area contributed by atoms with E-state index >= 15 is 0 Å². The zero-order chi connectivity index (χ0) is 14.7. The van der Waals surface area contributed by atoms with E-state index in [-0.39, 0.29) is 24.7 Å². The van der Waals surface area contributed by atoms with E-state index < -0.39 is 16.0 Å². The van der Waals surface area contributed by atoms with E-state index in [9.17, 15) is 13.2 Å². The quantitative estimate of drug-likeness (QED) is 0.565. The number of hydrogen-bond acceptors (Lipinski definition) is 4. The van der Waals surface area contributed by atoms with Crippen LogP contribution in [0, 0.1) is 5.92 Å². The summed E-state index contributed by atoms with van der Waals surface area (Å²) < 4.78 is 30.3. The minimum absolute atomic E-state index is 0.0446. The molecule has 0 saturated heterocycles. The Hall–Kier alpha value is -0.660. The molecule has 6 nitrogen and oxygen atoms in total. The van der Waals surface area contributed by atoms with Crippen molar-refractivity contribution in [3.05, 3.63) is 0 Å². The van der Waals surface area contributed by atoms with E-state index in [4.69, 9.17) is 9.84 Å². The molecular weight excluding hydrogens is 270 g/mol. The number of carbonyl (C=O) groups is 1. The molecular formula is C12H25NO5S. The molecule has 19 heavy (non-hydrogen) atoms. The first-order valence-corrected chi connectivity index (χ1v) is 8.24. The zero-order valence-electron chi connectivity index (χ0n) is 11.7. The molecule has 0 radical (unpaired) electrons. The van der Waals surface area contributed by atoms with Gasteiger partial charge < -0.3 is 9.84 Å². The Morgan fingerprint density at radius 3 is 2.53 bits per heavy atom. The standard InChI is InChI=1S/C12H25NO5S/c1-3-4-11(5-6-12(14)15)7-8-13-19(16,17)10-9-18-2/h11,13H,3-10H2,1-2H3,(H,14,15). The fourth-order valence-electron chi connectivity index (χ4n) is 1.85. The second-order valence-electron chi connectivity index (χ2n) is 4.58. The smallest absolute Gasteiger partial charge is 0.303 e. The van der Waals surface area contributed by atoms with Crippen LogP contribution >= 0.6 is 0 Å². The summed E-state index contributed by atoms with van der Waals surface area (Å²) in [6.45, 7) is 2.57. The lowest BCUT2D eigenvalue weighted by Gasteiger charge is -2.15. The van der Waals surface area contributed by atoms with Gasteiger partial charge in [-0.25, -0.2) is 13.1 Å². The summed E-state index contributed by atoms with van der Waals surface area (Å²) in [5.41, 5.74) is 0. The molecule has 1 atom stereocenters. The van der Waals surface area contributed by atoms with Crippen LogP contribution in [0.15, 0.2) is 0 Å². The lowest BCUT2D eigenvalue weighted by Crippen LogP contribution is -2.30. The van der Waals surface area contributed by atoms with Gasteiger partial charge in [-0.15, -0.1) is 0 Å². The molecule has 0 bridgehead atoms. The summed E-state index contributed by atoms with van der Waals surface area (Å²) in [6.07, 6.45) is 3.31. The highest BCUT2D eigenvalue weighted by molar-refractivity contribution is 7.89. The third kappa shape index (κ3) is 10.9. The third-order valence-corrected chi connectivity index (χ3v) is 4.24. The highest BCUT2D eigenvalue weighted by Crippen LogP contribution is 2.17. The normalized spacial score (nSPS) is 13.4. The van der Waals surface area contributed by atoms with Crippen LogP contribution in [-0.4, -0.2) is 45.5 Å². The van der Waals surface area contributed by atoms with Crippen molar-refractivity contribution >= 4 is 16.0 Å². The molecule has 0 heterocycles. The van der Waals surface area contributed by atoms with Crippen molar-refractivity contribution in [2.45, 2.75) is 39.0 Å². The maximum atomic E-state index is 11.5. The predicted octanol–water partition coefficient (Wildman–Crippen LogP) is 1.22. The average molecular weight is 295 g/mol. The Bertz CT molecular complexity index is 342. The summed E-state index contributed by atoms with van der Waals surface area (Å²) in [4.78, 5) is 10.5. The molecule has 0 aliphatic rings. The van der Waals surface area contributed by atoms with Crippen LogP contribution in [0.2, 0.25) is 0 Å². The van der Waals surface area contributed by atoms with Crippen LogP contribution in [0.4, 0.5) is 0 Å². The fourth-order valence-corrected chi connectivity index (χ4v) is 2.81. The van der Waals surface area contributed by atoms with Crippen LogP contribution in [0.1, 0.15) is 39.0 Å². The Labute approximate surface area is 115 Å². The lowest BCUT2D eigenvalue weighted by atomic mass is 9.95. The molecule has 0 aromatic rings. The number of nitrogens with one attached hydrogen (secondary N) is 1. The lowest BCUT2D eigenvalue weighted by molar-refractivity contribution is -0.137. The number of aliphatic carboxylic acids is 1. The number of methoxy groups -OCH3 is 1. The molecule has 0 fully saturated rings. The summed E-state index contributed by atoms with van der Waals surface area (Å²) in [7, 11) is -1.82. The van der Waals surface area contributed by atoms with Gasteiger partial charge in [0.15, 0.2) is 0 Å². The van der Waals surface area contributed by atoms with Crippen molar-refractivity contribution in [2.75, 3.05) is 26.0 Å². The summed E-state index contributed by atoms with van der Waals surface area (Å²) in [5, 5.41) is 8.66. The van der Waals surface area contributed by atoms with Crippen molar-refractivity contribution in [2.24, 2.45) is 5.92 Å². The third-order valence-electron chi connectivity index (χ3n) is 2.89. The SMILES string of the molecule is CCCC(CCNS(=O)(=O)CCOC)CCC(=O)O. The Morgan fingerprint density at radius 1 is 1.32 bits per heavy atom. The van der Waals surface area contributed by atoms with Crippen LogP contribution in [-0.2, 0) is 19.6 Å². The van der Waals surface area contributed by atoms with E-state index in [1.807, 2.05) is 6.92 Å². The maximum Gasteiger partial charge on any atom is 0.303 e. The summed E-state index contributed by atoms with van der Waals surface area (Å²) in [5.74, 6) is -0.593. The second-order valence-corrected chi connectivity index (χ2v) is 6.51. The molecule has 7 heteroatoms. The van der Waals surface area contributed by atoms with Crippen molar-refractivity contribution in [1.82, 2.24) is 4.72 Å². The highest BCUT2D eigenvalue weighted by Gasteiger charge is 2.13. The highest BCUT2D eigenvalue weighted by atomic mass is 32.2. The first-order chi connectivity index (χ1) is 8.91. The van der Waals surface area contributed by atoms with Gasteiger partial charge in [-0.05, 0) is 18.8 Å². The van der Waals surface area contributed by atoms with Crippen LogP contribution < -0.4 is 4.72 Å². The van der Waals surface area contributed by atoms with E-state index in [1.165, 1.54) is 7.11 Å². The van der Waals surface area contributed by atoms with Crippen molar-refractivity contribution in [1.29, 1.82) is 0 Å². The fraction of sp³-hybridized carbons (Fsp3) is 0.917. The van der Waals surface area contributed by atoms with Gasteiger partial charge in [0.25, 0.3) is 0 Å². The summed E-state index contributed by atoms with van der Waals surface area (Å²) >= 11 is 0. The first-order valence-electron chi connectivity index (χ1n) is 6.59. The van der Waals surface area contributed by atoms with Crippen molar-refractivity contribution < 1.29 is 23.1 Å². The molecule has 0 aliphatic carbocycles. The molecule has 0 aromatic carbocycles. The number of sulfonamides is 1. The van der Waals surface area contributed by atoms with E-state index in [0.29, 0.717) is 19.4 Å². The number of carboxylic acids is 1. The van der Waals surface area contributed by atoms with Gasteiger partial charge in [0.1, 0.15) is 0 Å². The van der Waals surface area contributed by atoms with Gasteiger partial charge in [-0.1, -0.05) is 19.8 Å². The van der Waals surface area contributed by atoms with Gasteiger partial charge >= 0.3 is 5.97 Å². The molecule has 1 unspecified atom stereocenters. The number of carboxylic acid groups (broad SMARTS) is 1. The van der Waals surface area contributed by atoms with Gasteiger partial charge in [0, 0.05) is 20.1 Å². The molecule has 0 spiro atoms. The minimum Gasteiger partial charge on any atom is -0.481 e. The summed E-state index contributed by atoms with van der Waals surface area (Å²) in [6, 6.07) is 0. The second kappa shape index (κ2) is 10.2. The largest absolute Gasteiger partial charge is 0.481 e. The van der Waals surface area contributed by atoms with Gasteiger partial charge in [0.2, 0.25) is 10.0 Å². The number of hydrogen-bond donors (Lipinski definition) is 2. The topological polar surface area (TPSA) is 92.7 Å². The predicted molar refractivity (Wildman–Crippen MR) is 73.6 cm³/mol. The Balaban J connectivity index is 4.00. The molecule has 0 rings (SSSR count). The van der Waals surface area contributed by atoms with E-state index in [1.54, 1.807) is 0 Å². The van der Waals surface area contributed by atoms with E-state index in [2.05, 4.69) is 4.72 Å². The molecule has 0 amide bonds. The van der Waals surface area contributed by atoms with Gasteiger partial charge in [-0.2, -0.15) is 0 Å². The Morgan fingerprint density at radius 2 is 2.00 bits per heavy atom. The Kier molecular flexibility index (Phi) is 9.81. The molecule has 0 aromatic heterocycles. The number of rotatable bonds is 12. The van der Waals surface area contributed by atoms with Gasteiger partial charge in [-0.3, -0.25) is 4.79 Å². The van der Waals surface area contributed by atoms with Crippen molar-refractivity contribution in [3.8, 4) is 0 Å². The van der Waals surface area contributed by atoms with Crippen molar-refractivity contribution in [3.63, 3.8) is 0 Å². The average Bonchev–Trinajstić information content (AvgIpc) is 2.33. The van der Waals surface area contributed by atoms with E-state index in [0.717, 1.165) is 12.8 Å². The minimum atomic E-state index is -3.28. The molecule has 114 valence electrons. The zero-order valence-corrected chi connectivity index (χ0v) is 12.5. The van der Waals surface area contributed by atoms with Crippen LogP contribution in [0.5, 0.6) is 0 Å². The van der Waals surface area contributed by atoms with Gasteiger partial charge in [0.05, 0.1) is 12.4 Å². The first kappa shape index (κ1) is 18.3.